The first-order valence-electron chi connectivity index (χ1n) is 7.22. The number of hydrogen-bond donors (Lipinski definition) is 0. The van der Waals surface area contributed by atoms with Gasteiger partial charge in [0.15, 0.2) is 17.8 Å². The molecule has 0 N–H and O–H groups in total. The molecular formula is C16H23NO3. The Hall–Kier alpha value is -1.55. The maximum absolute atomic E-state index is 11.1. The third-order valence-electron chi connectivity index (χ3n) is 3.75. The van der Waals surface area contributed by atoms with E-state index < -0.39 is 0 Å². The normalized spacial score (nSPS) is 19.6. The van der Waals surface area contributed by atoms with Gasteiger partial charge < -0.3 is 9.47 Å². The van der Waals surface area contributed by atoms with Gasteiger partial charge in [-0.2, -0.15) is 0 Å². The second-order valence-corrected chi connectivity index (χ2v) is 5.39. The molecule has 0 bridgehead atoms. The Balaban J connectivity index is 1.91. The molecule has 0 amide bonds. The van der Waals surface area contributed by atoms with Gasteiger partial charge in [-0.05, 0) is 37.4 Å². The molecule has 4 heteroatoms. The van der Waals surface area contributed by atoms with Crippen LogP contribution >= 0.6 is 0 Å². The van der Waals surface area contributed by atoms with Crippen molar-refractivity contribution < 1.29 is 14.3 Å². The van der Waals surface area contributed by atoms with Crippen molar-refractivity contribution in [3.63, 3.8) is 0 Å². The first-order chi connectivity index (χ1) is 9.74. The second-order valence-electron chi connectivity index (χ2n) is 5.39. The number of carbonyl (C=O) groups is 1. The maximum atomic E-state index is 11.1. The summed E-state index contributed by atoms with van der Waals surface area (Å²) >= 11 is 0. The highest BCUT2D eigenvalue weighted by molar-refractivity contribution is 5.81. The molecule has 1 aromatic rings. The highest BCUT2D eigenvalue weighted by Gasteiger charge is 2.16. The monoisotopic (exact) mass is 277 g/mol. The van der Waals surface area contributed by atoms with E-state index in [0.29, 0.717) is 23.7 Å². The van der Waals surface area contributed by atoms with Gasteiger partial charge in [-0.3, -0.25) is 9.69 Å². The highest BCUT2D eigenvalue weighted by Crippen LogP contribution is 2.30. The number of nitrogens with zero attached hydrogens (tertiary/aromatic N) is 1. The van der Waals surface area contributed by atoms with E-state index in [4.69, 9.17) is 9.47 Å². The van der Waals surface area contributed by atoms with Gasteiger partial charge in [0.2, 0.25) is 0 Å². The van der Waals surface area contributed by atoms with Crippen molar-refractivity contribution in [1.82, 2.24) is 4.90 Å². The fourth-order valence-electron chi connectivity index (χ4n) is 2.71. The van der Waals surface area contributed by atoms with Gasteiger partial charge in [0.05, 0.1) is 12.7 Å². The zero-order valence-electron chi connectivity index (χ0n) is 12.3. The molecule has 1 atom stereocenters. The van der Waals surface area contributed by atoms with Crippen LogP contribution in [-0.2, 0) is 0 Å². The van der Waals surface area contributed by atoms with E-state index in [2.05, 4.69) is 11.8 Å². The predicted octanol–water partition coefficient (Wildman–Crippen LogP) is 2.62. The van der Waals surface area contributed by atoms with Crippen LogP contribution in [0.15, 0.2) is 18.2 Å². The maximum Gasteiger partial charge on any atom is 0.171 e. The first kappa shape index (κ1) is 14.9. The average Bonchev–Trinajstić information content (AvgIpc) is 2.47. The third-order valence-corrected chi connectivity index (χ3v) is 3.75. The van der Waals surface area contributed by atoms with Crippen molar-refractivity contribution in [3.8, 4) is 11.5 Å². The van der Waals surface area contributed by atoms with Crippen molar-refractivity contribution in [2.45, 2.75) is 19.8 Å². The molecule has 20 heavy (non-hydrogen) atoms. The van der Waals surface area contributed by atoms with E-state index in [0.717, 1.165) is 31.8 Å². The van der Waals surface area contributed by atoms with E-state index in [9.17, 15) is 4.79 Å². The molecule has 2 rings (SSSR count). The lowest BCUT2D eigenvalue weighted by Crippen LogP contribution is -2.37. The van der Waals surface area contributed by atoms with E-state index in [1.807, 2.05) is 6.07 Å². The highest BCUT2D eigenvalue weighted by atomic mass is 16.5. The van der Waals surface area contributed by atoms with Gasteiger partial charge in [0.25, 0.3) is 0 Å². The molecule has 1 saturated heterocycles. The number of ether oxygens (including phenoxy) is 2. The quantitative estimate of drug-likeness (QED) is 0.749. The summed E-state index contributed by atoms with van der Waals surface area (Å²) in [5.74, 6) is 1.93. The number of carbonyl (C=O) groups excluding carboxylic acids is 1. The molecule has 0 saturated carbocycles. The number of para-hydroxylation sites is 1. The molecule has 4 nitrogen and oxygen atoms in total. The zero-order valence-corrected chi connectivity index (χ0v) is 12.3. The van der Waals surface area contributed by atoms with E-state index in [-0.39, 0.29) is 0 Å². The van der Waals surface area contributed by atoms with Crippen LogP contribution in [0.5, 0.6) is 11.5 Å². The van der Waals surface area contributed by atoms with E-state index in [1.165, 1.54) is 12.8 Å². The second kappa shape index (κ2) is 7.29. The van der Waals surface area contributed by atoms with Crippen molar-refractivity contribution >= 4 is 6.29 Å². The van der Waals surface area contributed by atoms with Crippen LogP contribution in [0.3, 0.4) is 0 Å². The average molecular weight is 277 g/mol. The van der Waals surface area contributed by atoms with Crippen LogP contribution in [-0.4, -0.2) is 44.5 Å². The summed E-state index contributed by atoms with van der Waals surface area (Å²) in [5, 5.41) is 0. The molecule has 0 aliphatic carbocycles. The minimum Gasteiger partial charge on any atom is -0.493 e. The lowest BCUT2D eigenvalue weighted by molar-refractivity contribution is 0.111. The molecule has 0 aromatic heterocycles. The van der Waals surface area contributed by atoms with Gasteiger partial charge in [0, 0.05) is 13.1 Å². The summed E-state index contributed by atoms with van der Waals surface area (Å²) in [5.41, 5.74) is 0.538. The van der Waals surface area contributed by atoms with Crippen LogP contribution in [0, 0.1) is 5.92 Å². The van der Waals surface area contributed by atoms with Crippen LogP contribution in [0.25, 0.3) is 0 Å². The number of methoxy groups -OCH3 is 1. The molecule has 1 aliphatic heterocycles. The van der Waals surface area contributed by atoms with Crippen LogP contribution in [0.2, 0.25) is 0 Å². The minimum absolute atomic E-state index is 0.538. The van der Waals surface area contributed by atoms with E-state index in [1.54, 1.807) is 19.2 Å². The molecular weight excluding hydrogens is 254 g/mol. The van der Waals surface area contributed by atoms with Crippen LogP contribution in [0.1, 0.15) is 30.1 Å². The molecule has 1 aromatic carbocycles. The van der Waals surface area contributed by atoms with Crippen molar-refractivity contribution in [2.24, 2.45) is 5.92 Å². The molecule has 1 heterocycles. The third kappa shape index (κ3) is 3.73. The first-order valence-corrected chi connectivity index (χ1v) is 7.22. The smallest absolute Gasteiger partial charge is 0.171 e. The summed E-state index contributed by atoms with van der Waals surface area (Å²) in [6, 6.07) is 5.35. The fraction of sp³-hybridized carbons (Fsp3) is 0.562. The number of hydrogen-bond acceptors (Lipinski definition) is 4. The van der Waals surface area contributed by atoms with Crippen LogP contribution < -0.4 is 9.47 Å². The summed E-state index contributed by atoms with van der Waals surface area (Å²) < 4.78 is 11.0. The summed E-state index contributed by atoms with van der Waals surface area (Å²) in [7, 11) is 1.59. The van der Waals surface area contributed by atoms with Crippen molar-refractivity contribution in [1.29, 1.82) is 0 Å². The topological polar surface area (TPSA) is 38.8 Å². The Morgan fingerprint density at radius 2 is 2.30 bits per heavy atom. The Morgan fingerprint density at radius 3 is 3.00 bits per heavy atom. The Kier molecular flexibility index (Phi) is 5.41. The Morgan fingerprint density at radius 1 is 1.45 bits per heavy atom. The lowest BCUT2D eigenvalue weighted by Gasteiger charge is -2.30. The molecule has 0 spiro atoms. The van der Waals surface area contributed by atoms with Gasteiger partial charge in [-0.1, -0.05) is 13.0 Å². The molecule has 0 unspecified atom stereocenters. The zero-order chi connectivity index (χ0) is 14.4. The van der Waals surface area contributed by atoms with E-state index >= 15 is 0 Å². The number of aldehydes is 1. The molecule has 1 fully saturated rings. The Bertz CT molecular complexity index is 447. The molecule has 0 radical (unpaired) electrons. The lowest BCUT2D eigenvalue weighted by atomic mass is 10.0. The summed E-state index contributed by atoms with van der Waals surface area (Å²) in [4.78, 5) is 13.5. The fourth-order valence-corrected chi connectivity index (χ4v) is 2.71. The SMILES string of the molecule is COc1cccc(C=O)c1OCCN1CCC[C@@H](C)C1. The number of piperidine rings is 1. The van der Waals surface area contributed by atoms with Crippen molar-refractivity contribution in [3.05, 3.63) is 23.8 Å². The summed E-state index contributed by atoms with van der Waals surface area (Å²) in [6.45, 7) is 6.03. The standard InChI is InChI=1S/C16H23NO3/c1-13-5-4-8-17(11-13)9-10-20-16-14(12-18)6-3-7-15(16)19-2/h3,6-7,12-13H,4-5,8-11H2,1-2H3/t13-/m1/s1. The summed E-state index contributed by atoms with van der Waals surface area (Å²) in [6.07, 6.45) is 3.38. The largest absolute Gasteiger partial charge is 0.493 e. The molecule has 1 aliphatic rings. The van der Waals surface area contributed by atoms with Gasteiger partial charge >= 0.3 is 0 Å². The van der Waals surface area contributed by atoms with Gasteiger partial charge in [0.1, 0.15) is 6.61 Å². The van der Waals surface area contributed by atoms with Gasteiger partial charge in [-0.15, -0.1) is 0 Å². The Labute approximate surface area is 120 Å². The minimum atomic E-state index is 0.538. The van der Waals surface area contributed by atoms with Crippen molar-refractivity contribution in [2.75, 3.05) is 33.4 Å². The van der Waals surface area contributed by atoms with Crippen LogP contribution in [0.4, 0.5) is 0 Å². The number of likely N-dealkylation sites (tertiary alicyclic amines) is 1. The predicted molar refractivity (Wildman–Crippen MR) is 78.7 cm³/mol. The molecule has 110 valence electrons. The van der Waals surface area contributed by atoms with Gasteiger partial charge in [-0.25, -0.2) is 0 Å². The number of benzene rings is 1. The number of rotatable bonds is 6.